The maximum atomic E-state index is 12.9. The van der Waals surface area contributed by atoms with Crippen LogP contribution in [0.25, 0.3) is 11.1 Å². The summed E-state index contributed by atoms with van der Waals surface area (Å²) in [4.78, 5) is 15.2. The van der Waals surface area contributed by atoms with Crippen molar-refractivity contribution in [2.45, 2.75) is 32.7 Å². The largest absolute Gasteiger partial charge is 0.497 e. The number of carbonyl (C=O) groups excluding carboxylic acids is 1. The molecular formula is C26H30N2O3. The molecule has 1 fully saturated rings. The topological polar surface area (TPSA) is 54.7 Å². The Balaban J connectivity index is 1.32. The summed E-state index contributed by atoms with van der Waals surface area (Å²) < 4.78 is 11.1. The van der Waals surface area contributed by atoms with Crippen LogP contribution in [0.2, 0.25) is 0 Å². The number of hydrogen-bond donors (Lipinski definition) is 1. The highest BCUT2D eigenvalue weighted by Crippen LogP contribution is 2.27. The van der Waals surface area contributed by atoms with Gasteiger partial charge in [0.1, 0.15) is 17.3 Å². The molecule has 3 aromatic rings. The standard InChI is InChI=1S/C26H30N2O3/c1-3-23-10-11-25(31-23)18-28-14-12-19(13-15-28)26(29)27-22-8-4-6-20(16-22)21-7-5-9-24(17-21)30-2/h4-11,16-17,19H,3,12-15,18H2,1-2H3,(H,27,29). The van der Waals surface area contributed by atoms with Gasteiger partial charge in [-0.25, -0.2) is 0 Å². The highest BCUT2D eigenvalue weighted by molar-refractivity contribution is 5.93. The van der Waals surface area contributed by atoms with Crippen molar-refractivity contribution in [1.29, 1.82) is 0 Å². The fourth-order valence-electron chi connectivity index (χ4n) is 4.09. The molecule has 31 heavy (non-hydrogen) atoms. The number of benzene rings is 2. The SMILES string of the molecule is CCc1ccc(CN2CCC(C(=O)Nc3cccc(-c4cccc(OC)c4)c3)CC2)o1. The molecule has 0 radical (unpaired) electrons. The van der Waals surface area contributed by atoms with E-state index in [0.717, 1.165) is 73.0 Å². The van der Waals surface area contributed by atoms with E-state index in [1.165, 1.54) is 0 Å². The second kappa shape index (κ2) is 9.84. The number of piperidine rings is 1. The number of likely N-dealkylation sites (tertiary alicyclic amines) is 1. The Kier molecular flexibility index (Phi) is 6.73. The van der Waals surface area contributed by atoms with E-state index >= 15 is 0 Å². The van der Waals surface area contributed by atoms with Gasteiger partial charge in [-0.05, 0) is 73.5 Å². The zero-order valence-electron chi connectivity index (χ0n) is 18.3. The number of nitrogens with zero attached hydrogens (tertiary/aromatic N) is 1. The van der Waals surface area contributed by atoms with E-state index in [4.69, 9.17) is 9.15 Å². The molecule has 0 bridgehead atoms. The predicted molar refractivity (Wildman–Crippen MR) is 123 cm³/mol. The van der Waals surface area contributed by atoms with E-state index in [2.05, 4.69) is 29.3 Å². The fraction of sp³-hybridized carbons (Fsp3) is 0.346. The summed E-state index contributed by atoms with van der Waals surface area (Å²) in [5, 5.41) is 3.12. The van der Waals surface area contributed by atoms with Crippen LogP contribution in [-0.4, -0.2) is 31.0 Å². The number of nitrogens with one attached hydrogen (secondary N) is 1. The monoisotopic (exact) mass is 418 g/mol. The maximum Gasteiger partial charge on any atom is 0.227 e. The van der Waals surface area contributed by atoms with Crippen molar-refractivity contribution < 1.29 is 13.9 Å². The number of hydrogen-bond acceptors (Lipinski definition) is 4. The van der Waals surface area contributed by atoms with Gasteiger partial charge in [0.2, 0.25) is 5.91 Å². The predicted octanol–water partition coefficient (Wildman–Crippen LogP) is 5.37. The van der Waals surface area contributed by atoms with Gasteiger partial charge in [0.15, 0.2) is 0 Å². The first kappa shape index (κ1) is 21.2. The van der Waals surface area contributed by atoms with E-state index in [9.17, 15) is 4.79 Å². The third-order valence-electron chi connectivity index (χ3n) is 5.94. The van der Waals surface area contributed by atoms with E-state index in [1.54, 1.807) is 7.11 Å². The summed E-state index contributed by atoms with van der Waals surface area (Å²) in [5.74, 6) is 3.00. The van der Waals surface area contributed by atoms with Gasteiger partial charge in [-0.3, -0.25) is 9.69 Å². The Morgan fingerprint density at radius 1 is 1.03 bits per heavy atom. The number of rotatable bonds is 7. The first-order chi connectivity index (χ1) is 15.1. The third kappa shape index (κ3) is 5.36. The number of anilines is 1. The van der Waals surface area contributed by atoms with Gasteiger partial charge in [-0.1, -0.05) is 31.2 Å². The zero-order chi connectivity index (χ0) is 21.6. The lowest BCUT2D eigenvalue weighted by molar-refractivity contribution is -0.121. The van der Waals surface area contributed by atoms with Crippen LogP contribution in [0.15, 0.2) is 65.1 Å². The van der Waals surface area contributed by atoms with Crippen molar-refractivity contribution in [2.75, 3.05) is 25.5 Å². The molecule has 2 heterocycles. The van der Waals surface area contributed by atoms with E-state index < -0.39 is 0 Å². The van der Waals surface area contributed by atoms with Gasteiger partial charge in [-0.2, -0.15) is 0 Å². The Hall–Kier alpha value is -3.05. The number of methoxy groups -OCH3 is 1. The van der Waals surface area contributed by atoms with Crippen LogP contribution in [0.3, 0.4) is 0 Å². The molecule has 1 aliphatic rings. The van der Waals surface area contributed by atoms with Crippen molar-refractivity contribution in [3.05, 3.63) is 72.2 Å². The van der Waals surface area contributed by atoms with Gasteiger partial charge in [0, 0.05) is 18.0 Å². The summed E-state index contributed by atoms with van der Waals surface area (Å²) >= 11 is 0. The molecule has 0 unspecified atom stereocenters. The van der Waals surface area contributed by atoms with E-state index in [1.807, 2.05) is 48.5 Å². The molecule has 5 nitrogen and oxygen atoms in total. The lowest BCUT2D eigenvalue weighted by Gasteiger charge is -2.30. The molecule has 5 heteroatoms. The lowest BCUT2D eigenvalue weighted by atomic mass is 9.95. The molecule has 0 spiro atoms. The molecule has 2 aromatic carbocycles. The Bertz CT molecular complexity index is 1020. The van der Waals surface area contributed by atoms with Gasteiger partial charge in [0.05, 0.1) is 13.7 Å². The molecule has 1 amide bonds. The maximum absolute atomic E-state index is 12.9. The Morgan fingerprint density at radius 3 is 2.45 bits per heavy atom. The average molecular weight is 419 g/mol. The van der Waals surface area contributed by atoms with Gasteiger partial charge in [-0.15, -0.1) is 0 Å². The molecule has 162 valence electrons. The summed E-state index contributed by atoms with van der Waals surface area (Å²) in [6.45, 7) is 4.73. The number of carbonyl (C=O) groups is 1. The molecule has 1 N–H and O–H groups in total. The van der Waals surface area contributed by atoms with E-state index in [0.29, 0.717) is 0 Å². The number of aryl methyl sites for hydroxylation is 1. The number of ether oxygens (including phenoxy) is 1. The minimum atomic E-state index is 0.0412. The number of furan rings is 1. The lowest BCUT2D eigenvalue weighted by Crippen LogP contribution is -2.37. The summed E-state index contributed by atoms with van der Waals surface area (Å²) in [6.07, 6.45) is 2.65. The number of amides is 1. The Labute approximate surface area is 184 Å². The first-order valence-electron chi connectivity index (χ1n) is 11.0. The normalized spacial score (nSPS) is 15.0. The quantitative estimate of drug-likeness (QED) is 0.561. The van der Waals surface area contributed by atoms with Crippen molar-refractivity contribution in [2.24, 2.45) is 5.92 Å². The smallest absolute Gasteiger partial charge is 0.227 e. The van der Waals surface area contributed by atoms with E-state index in [-0.39, 0.29) is 11.8 Å². The van der Waals surface area contributed by atoms with Crippen LogP contribution in [0.5, 0.6) is 5.75 Å². The minimum absolute atomic E-state index is 0.0412. The third-order valence-corrected chi connectivity index (χ3v) is 5.94. The van der Waals surface area contributed by atoms with Crippen molar-refractivity contribution in [3.8, 4) is 16.9 Å². The average Bonchev–Trinajstić information content (AvgIpc) is 3.27. The summed E-state index contributed by atoms with van der Waals surface area (Å²) in [6, 6.07) is 20.0. The molecule has 0 atom stereocenters. The molecule has 4 rings (SSSR count). The van der Waals surface area contributed by atoms with Crippen LogP contribution < -0.4 is 10.1 Å². The summed E-state index contributed by atoms with van der Waals surface area (Å²) in [7, 11) is 1.66. The van der Waals surface area contributed by atoms with Crippen LogP contribution in [-0.2, 0) is 17.8 Å². The van der Waals surface area contributed by atoms with Crippen LogP contribution in [0.1, 0.15) is 31.3 Å². The molecule has 1 aliphatic heterocycles. The zero-order valence-corrected chi connectivity index (χ0v) is 18.3. The second-order valence-corrected chi connectivity index (χ2v) is 8.07. The van der Waals surface area contributed by atoms with Gasteiger partial charge >= 0.3 is 0 Å². The minimum Gasteiger partial charge on any atom is -0.497 e. The fourth-order valence-corrected chi connectivity index (χ4v) is 4.09. The van der Waals surface area contributed by atoms with Crippen molar-refractivity contribution in [3.63, 3.8) is 0 Å². The molecule has 0 aliphatic carbocycles. The van der Waals surface area contributed by atoms with Crippen LogP contribution in [0, 0.1) is 5.92 Å². The van der Waals surface area contributed by atoms with Crippen LogP contribution in [0.4, 0.5) is 5.69 Å². The highest BCUT2D eigenvalue weighted by Gasteiger charge is 2.25. The molecule has 1 aromatic heterocycles. The van der Waals surface area contributed by atoms with Gasteiger partial charge in [0.25, 0.3) is 0 Å². The highest BCUT2D eigenvalue weighted by atomic mass is 16.5. The van der Waals surface area contributed by atoms with Crippen molar-refractivity contribution in [1.82, 2.24) is 4.90 Å². The first-order valence-corrected chi connectivity index (χ1v) is 11.0. The Morgan fingerprint density at radius 2 is 1.74 bits per heavy atom. The second-order valence-electron chi connectivity index (χ2n) is 8.07. The van der Waals surface area contributed by atoms with Crippen LogP contribution >= 0.6 is 0 Å². The van der Waals surface area contributed by atoms with Crippen molar-refractivity contribution >= 4 is 11.6 Å². The summed E-state index contributed by atoms with van der Waals surface area (Å²) in [5.41, 5.74) is 2.94. The molecular weight excluding hydrogens is 388 g/mol. The molecule has 1 saturated heterocycles. The van der Waals surface area contributed by atoms with Gasteiger partial charge < -0.3 is 14.5 Å². The molecule has 0 saturated carbocycles.